The van der Waals surface area contributed by atoms with E-state index in [4.69, 9.17) is 0 Å². The molecule has 2 aromatic rings. The van der Waals surface area contributed by atoms with Crippen LogP contribution in [0.3, 0.4) is 0 Å². The van der Waals surface area contributed by atoms with Gasteiger partial charge in [0.05, 0.1) is 5.92 Å². The van der Waals surface area contributed by atoms with Gasteiger partial charge in [0, 0.05) is 5.56 Å². The van der Waals surface area contributed by atoms with E-state index in [0.29, 0.717) is 5.56 Å². The Morgan fingerprint density at radius 1 is 0.862 bits per heavy atom. The molecule has 158 valence electrons. The van der Waals surface area contributed by atoms with Crippen LogP contribution < -0.4 is 0 Å². The van der Waals surface area contributed by atoms with Crippen molar-refractivity contribution in [2.75, 3.05) is 13.2 Å². The molecular weight excluding hydrogens is 402 g/mol. The zero-order chi connectivity index (χ0) is 21.7. The zero-order valence-corrected chi connectivity index (χ0v) is 15.3. The van der Waals surface area contributed by atoms with Gasteiger partial charge in [0.25, 0.3) is 0 Å². The molecule has 0 N–H and O–H groups in total. The van der Waals surface area contributed by atoms with Crippen molar-refractivity contribution in [1.29, 1.82) is 0 Å². The first-order valence-corrected chi connectivity index (χ1v) is 8.49. The summed E-state index contributed by atoms with van der Waals surface area (Å²) >= 11 is 0. The molecule has 2 rings (SSSR count). The number of carbonyl (C=O) groups excluding carboxylic acids is 1. The van der Waals surface area contributed by atoms with Crippen LogP contribution in [-0.2, 0) is 9.47 Å². The van der Waals surface area contributed by atoms with Crippen molar-refractivity contribution < 1.29 is 40.6 Å². The highest BCUT2D eigenvalue weighted by atomic mass is 19.4. The Kier molecular flexibility index (Phi) is 7.43. The molecule has 2 aromatic carbocycles. The molecule has 0 saturated carbocycles. The Balaban J connectivity index is 2.45. The van der Waals surface area contributed by atoms with Crippen molar-refractivity contribution in [2.24, 2.45) is 0 Å². The van der Waals surface area contributed by atoms with E-state index in [9.17, 15) is 31.1 Å². The van der Waals surface area contributed by atoms with Gasteiger partial charge in [-0.25, -0.2) is 0 Å². The van der Waals surface area contributed by atoms with Crippen molar-refractivity contribution in [1.82, 2.24) is 0 Å². The Morgan fingerprint density at radius 2 is 1.41 bits per heavy atom. The molecule has 0 fully saturated rings. The summed E-state index contributed by atoms with van der Waals surface area (Å²) in [6.45, 7) is -2.05. The molecule has 9 heteroatoms. The lowest BCUT2D eigenvalue weighted by Gasteiger charge is -2.28. The summed E-state index contributed by atoms with van der Waals surface area (Å²) in [6.07, 6.45) is -11.7. The highest BCUT2D eigenvalue weighted by Gasteiger charge is 2.39. The standard InChI is InChI=1S/C20H18F6O3/c1-13-6-5-9-15(10-13)16(17(27)14-7-3-2-4-8-14)18(28-11-19(21,22)23)29-12-20(24,25)26/h2-10,16,18H,11-12H2,1H3. The second-order valence-electron chi connectivity index (χ2n) is 6.34. The number of rotatable bonds is 8. The average molecular weight is 420 g/mol. The number of ketones is 1. The minimum absolute atomic E-state index is 0.107. The van der Waals surface area contributed by atoms with Gasteiger partial charge in [-0.1, -0.05) is 60.2 Å². The van der Waals surface area contributed by atoms with Crippen molar-refractivity contribution in [3.63, 3.8) is 0 Å². The van der Waals surface area contributed by atoms with Gasteiger partial charge in [0.2, 0.25) is 0 Å². The topological polar surface area (TPSA) is 35.5 Å². The molecule has 0 aliphatic rings. The van der Waals surface area contributed by atoms with Crippen LogP contribution >= 0.6 is 0 Å². The molecule has 0 bridgehead atoms. The van der Waals surface area contributed by atoms with Gasteiger partial charge in [0.15, 0.2) is 12.1 Å². The van der Waals surface area contributed by atoms with Gasteiger partial charge in [-0.2, -0.15) is 26.3 Å². The fraction of sp³-hybridized carbons (Fsp3) is 0.350. The largest absolute Gasteiger partial charge is 0.411 e. The zero-order valence-electron chi connectivity index (χ0n) is 15.3. The highest BCUT2D eigenvalue weighted by Crippen LogP contribution is 2.31. The van der Waals surface area contributed by atoms with Crippen molar-refractivity contribution >= 4 is 5.78 Å². The van der Waals surface area contributed by atoms with Crippen molar-refractivity contribution in [3.05, 3.63) is 71.3 Å². The van der Waals surface area contributed by atoms with E-state index in [1.165, 1.54) is 36.4 Å². The first kappa shape index (κ1) is 22.9. The van der Waals surface area contributed by atoms with Gasteiger partial charge in [-0.05, 0) is 12.5 Å². The molecule has 0 heterocycles. The molecule has 0 aliphatic heterocycles. The van der Waals surface area contributed by atoms with Crippen LogP contribution in [-0.4, -0.2) is 37.6 Å². The molecule has 0 saturated heterocycles. The fourth-order valence-electron chi connectivity index (χ4n) is 2.67. The number of alkyl halides is 6. The van der Waals surface area contributed by atoms with Crippen LogP contribution in [0.4, 0.5) is 26.3 Å². The average Bonchev–Trinajstić information content (AvgIpc) is 2.63. The van der Waals surface area contributed by atoms with E-state index in [0.717, 1.165) is 0 Å². The Bertz CT molecular complexity index is 784. The minimum atomic E-state index is -4.81. The highest BCUT2D eigenvalue weighted by molar-refractivity contribution is 6.01. The Labute approximate surface area is 163 Å². The first-order chi connectivity index (χ1) is 13.5. The molecule has 0 amide bonds. The van der Waals surface area contributed by atoms with E-state index in [1.54, 1.807) is 25.1 Å². The first-order valence-electron chi connectivity index (χ1n) is 8.49. The number of carbonyl (C=O) groups is 1. The lowest BCUT2D eigenvalue weighted by Crippen LogP contribution is -2.37. The van der Waals surface area contributed by atoms with Crippen molar-refractivity contribution in [2.45, 2.75) is 31.5 Å². The monoisotopic (exact) mass is 420 g/mol. The molecule has 1 atom stereocenters. The summed E-state index contributed by atoms with van der Waals surface area (Å²) in [5.41, 5.74) is 0.960. The molecule has 0 aromatic heterocycles. The normalized spacial score (nSPS) is 13.5. The number of Topliss-reactive ketones (excluding diaryl/α,β-unsaturated/α-hetero) is 1. The van der Waals surface area contributed by atoms with Crippen LogP contribution in [0.5, 0.6) is 0 Å². The smallest absolute Gasteiger partial charge is 0.342 e. The maximum absolute atomic E-state index is 13.0. The third kappa shape index (κ3) is 7.51. The molecule has 0 spiro atoms. The molecule has 29 heavy (non-hydrogen) atoms. The van der Waals surface area contributed by atoms with Gasteiger partial charge in [0.1, 0.15) is 13.2 Å². The van der Waals surface area contributed by atoms with E-state index in [2.05, 4.69) is 9.47 Å². The van der Waals surface area contributed by atoms with E-state index >= 15 is 0 Å². The number of ether oxygens (including phenoxy) is 2. The van der Waals surface area contributed by atoms with Crippen LogP contribution in [0.1, 0.15) is 27.4 Å². The van der Waals surface area contributed by atoms with E-state index < -0.39 is 43.6 Å². The van der Waals surface area contributed by atoms with Crippen LogP contribution in [0, 0.1) is 6.92 Å². The maximum Gasteiger partial charge on any atom is 0.411 e. The molecule has 3 nitrogen and oxygen atoms in total. The summed E-state index contributed by atoms with van der Waals surface area (Å²) < 4.78 is 85.2. The SMILES string of the molecule is Cc1cccc(C(C(=O)c2ccccc2)C(OCC(F)(F)F)OCC(F)(F)F)c1. The summed E-state index contributed by atoms with van der Waals surface area (Å²) in [5, 5.41) is 0. The van der Waals surface area contributed by atoms with Crippen LogP contribution in [0.25, 0.3) is 0 Å². The third-order valence-corrected chi connectivity index (χ3v) is 3.84. The van der Waals surface area contributed by atoms with Crippen LogP contribution in [0.2, 0.25) is 0 Å². The molecule has 0 radical (unpaired) electrons. The maximum atomic E-state index is 13.0. The van der Waals surface area contributed by atoms with Gasteiger partial charge in [-0.3, -0.25) is 4.79 Å². The number of hydrogen-bond acceptors (Lipinski definition) is 3. The Hall–Kier alpha value is -2.39. The summed E-state index contributed by atoms with van der Waals surface area (Å²) in [6, 6.07) is 13.6. The lowest BCUT2D eigenvalue weighted by atomic mass is 9.89. The minimum Gasteiger partial charge on any atom is -0.342 e. The van der Waals surface area contributed by atoms with Crippen LogP contribution in [0.15, 0.2) is 54.6 Å². The summed E-state index contributed by atoms with van der Waals surface area (Å²) in [4.78, 5) is 13.0. The number of hydrogen-bond donors (Lipinski definition) is 0. The molecular formula is C20H18F6O3. The second-order valence-corrected chi connectivity index (χ2v) is 6.34. The molecule has 1 unspecified atom stereocenters. The number of benzene rings is 2. The predicted molar refractivity (Wildman–Crippen MR) is 92.5 cm³/mol. The Morgan fingerprint density at radius 3 is 1.90 bits per heavy atom. The van der Waals surface area contributed by atoms with Gasteiger partial charge in [-0.15, -0.1) is 0 Å². The third-order valence-electron chi connectivity index (χ3n) is 3.84. The van der Waals surface area contributed by atoms with Gasteiger partial charge < -0.3 is 9.47 Å². The predicted octanol–water partition coefficient (Wildman–Crippen LogP) is 5.45. The second kappa shape index (κ2) is 9.41. The number of aryl methyl sites for hydroxylation is 1. The van der Waals surface area contributed by atoms with E-state index in [1.807, 2.05) is 0 Å². The van der Waals surface area contributed by atoms with Gasteiger partial charge >= 0.3 is 12.4 Å². The number of halogens is 6. The summed E-state index contributed by atoms with van der Waals surface area (Å²) in [7, 11) is 0. The fourth-order valence-corrected chi connectivity index (χ4v) is 2.67. The van der Waals surface area contributed by atoms with Crippen molar-refractivity contribution in [3.8, 4) is 0 Å². The van der Waals surface area contributed by atoms with E-state index in [-0.39, 0.29) is 11.1 Å². The molecule has 0 aliphatic carbocycles. The summed E-state index contributed by atoms with van der Waals surface area (Å²) in [5.74, 6) is -2.24. The quantitative estimate of drug-likeness (QED) is 0.324. The lowest BCUT2D eigenvalue weighted by molar-refractivity contribution is -0.261.